The van der Waals surface area contributed by atoms with Crippen LogP contribution in [0.25, 0.3) is 10.8 Å². The molecule has 2 heterocycles. The van der Waals surface area contributed by atoms with E-state index >= 15 is 0 Å². The molecule has 2 atom stereocenters. The molecule has 0 saturated carbocycles. The number of pyridine rings is 1. The van der Waals surface area contributed by atoms with Gasteiger partial charge in [0.25, 0.3) is 0 Å². The van der Waals surface area contributed by atoms with E-state index in [1.165, 1.54) is 4.31 Å². The van der Waals surface area contributed by atoms with Crippen molar-refractivity contribution in [1.29, 1.82) is 0 Å². The molecule has 2 aromatic carbocycles. The maximum absolute atomic E-state index is 14.0. The molecule has 1 N–H and O–H groups in total. The fourth-order valence-corrected chi connectivity index (χ4v) is 6.98. The molecule has 1 aliphatic heterocycles. The number of carbonyl (C=O) groups is 1. The van der Waals surface area contributed by atoms with Gasteiger partial charge in [0, 0.05) is 57.0 Å². The van der Waals surface area contributed by atoms with Gasteiger partial charge in [0.05, 0.1) is 10.6 Å². The van der Waals surface area contributed by atoms with Crippen molar-refractivity contribution in [3.05, 3.63) is 96.6 Å². The number of piperazine rings is 1. The number of carbonyl (C=O) groups excluding carboxylic acids is 1. The number of rotatable bonds is 13. The lowest BCUT2D eigenvalue weighted by Crippen LogP contribution is -2.49. The largest absolute Gasteiger partial charge is 0.380 e. The van der Waals surface area contributed by atoms with Gasteiger partial charge in [0.15, 0.2) is 5.78 Å². The zero-order chi connectivity index (χ0) is 29.4. The topological polar surface area (TPSA) is 82.6 Å². The molecular weight excluding hydrogens is 532 g/mol. The van der Waals surface area contributed by atoms with Crippen molar-refractivity contribution in [2.45, 2.75) is 44.9 Å². The SMILES string of the molecule is C=C/C(=C(/NCCc1ccccn1)C(=O)[C@@H](CC)C(C)CC)N1CCN(S(=O)(=O)c2ccc3ccccc3c2)CC1. The summed E-state index contributed by atoms with van der Waals surface area (Å²) in [5.74, 6) is 0.223. The number of nitrogens with zero attached hydrogens (tertiary/aromatic N) is 3. The molecule has 8 heteroatoms. The summed E-state index contributed by atoms with van der Waals surface area (Å²) in [6, 6.07) is 18.9. The van der Waals surface area contributed by atoms with E-state index in [0.717, 1.165) is 35.0 Å². The molecule has 1 aliphatic rings. The van der Waals surface area contributed by atoms with Crippen LogP contribution in [0.1, 0.15) is 39.3 Å². The first-order chi connectivity index (χ1) is 19.8. The van der Waals surface area contributed by atoms with E-state index in [0.29, 0.717) is 49.7 Å². The molecule has 1 saturated heterocycles. The van der Waals surface area contributed by atoms with E-state index in [1.807, 2.05) is 48.5 Å². The number of aromatic nitrogens is 1. The van der Waals surface area contributed by atoms with Gasteiger partial charge in [-0.2, -0.15) is 4.31 Å². The van der Waals surface area contributed by atoms with E-state index in [9.17, 15) is 13.2 Å². The second-order valence-electron chi connectivity index (χ2n) is 10.6. The minimum absolute atomic E-state index is 0.0870. The summed E-state index contributed by atoms with van der Waals surface area (Å²) in [5, 5.41) is 5.35. The third-order valence-corrected chi connectivity index (χ3v) is 10.0. The van der Waals surface area contributed by atoms with Crippen molar-refractivity contribution in [3.63, 3.8) is 0 Å². The summed E-state index contributed by atoms with van der Waals surface area (Å²) >= 11 is 0. The second-order valence-corrected chi connectivity index (χ2v) is 12.6. The molecule has 0 bridgehead atoms. The second kappa shape index (κ2) is 13.9. The summed E-state index contributed by atoms with van der Waals surface area (Å²) < 4.78 is 28.6. The zero-order valence-corrected chi connectivity index (χ0v) is 25.2. The molecule has 1 aromatic heterocycles. The summed E-state index contributed by atoms with van der Waals surface area (Å²) in [7, 11) is -3.65. The van der Waals surface area contributed by atoms with Crippen molar-refractivity contribution in [2.24, 2.45) is 11.8 Å². The highest BCUT2D eigenvalue weighted by Gasteiger charge is 2.32. The van der Waals surface area contributed by atoms with Crippen LogP contribution in [0.4, 0.5) is 0 Å². The predicted molar refractivity (Wildman–Crippen MR) is 166 cm³/mol. The van der Waals surface area contributed by atoms with Gasteiger partial charge in [0.2, 0.25) is 10.0 Å². The first kappa shape index (κ1) is 30.5. The summed E-state index contributed by atoms with van der Waals surface area (Å²) in [4.78, 5) is 20.8. The van der Waals surface area contributed by atoms with Crippen molar-refractivity contribution < 1.29 is 13.2 Å². The Hall–Kier alpha value is -3.49. The Labute approximate surface area is 245 Å². The number of benzene rings is 2. The highest BCUT2D eigenvalue weighted by molar-refractivity contribution is 7.89. The smallest absolute Gasteiger partial charge is 0.243 e. The molecular formula is C33H42N4O3S. The Morgan fingerprint density at radius 1 is 1.00 bits per heavy atom. The normalized spacial score (nSPS) is 16.6. The van der Waals surface area contributed by atoms with Crippen LogP contribution in [-0.2, 0) is 21.2 Å². The fraction of sp³-hybridized carbons (Fsp3) is 0.394. The molecule has 0 amide bonds. The van der Waals surface area contributed by atoms with Crippen molar-refractivity contribution in [3.8, 4) is 0 Å². The summed E-state index contributed by atoms with van der Waals surface area (Å²) in [6.45, 7) is 12.5. The highest BCUT2D eigenvalue weighted by Crippen LogP contribution is 2.27. The Morgan fingerprint density at radius 2 is 1.71 bits per heavy atom. The van der Waals surface area contributed by atoms with Crippen molar-refractivity contribution in [1.82, 2.24) is 19.5 Å². The van der Waals surface area contributed by atoms with Crippen molar-refractivity contribution >= 4 is 26.6 Å². The first-order valence-electron chi connectivity index (χ1n) is 14.6. The molecule has 0 radical (unpaired) electrons. The van der Waals surface area contributed by atoms with E-state index in [2.05, 4.69) is 42.6 Å². The first-order valence-corrected chi connectivity index (χ1v) is 16.0. The molecule has 3 aromatic rings. The van der Waals surface area contributed by atoms with Gasteiger partial charge in [0.1, 0.15) is 5.70 Å². The van der Waals surface area contributed by atoms with Crippen LogP contribution >= 0.6 is 0 Å². The maximum Gasteiger partial charge on any atom is 0.243 e. The number of sulfonamides is 1. The van der Waals surface area contributed by atoms with Gasteiger partial charge in [-0.3, -0.25) is 9.78 Å². The van der Waals surface area contributed by atoms with Gasteiger partial charge in [-0.05, 0) is 53.5 Å². The van der Waals surface area contributed by atoms with Crippen LogP contribution < -0.4 is 5.32 Å². The monoisotopic (exact) mass is 574 g/mol. The summed E-state index contributed by atoms with van der Waals surface area (Å²) in [5.41, 5.74) is 2.25. The van der Waals surface area contributed by atoms with E-state index in [1.54, 1.807) is 24.4 Å². The third-order valence-electron chi connectivity index (χ3n) is 8.15. The Kier molecular flexibility index (Phi) is 10.3. The average Bonchev–Trinajstić information content (AvgIpc) is 3.01. The lowest BCUT2D eigenvalue weighted by molar-refractivity contribution is -0.121. The van der Waals surface area contributed by atoms with E-state index < -0.39 is 10.0 Å². The standard InChI is InChI=1S/C33H42N4O3S/c1-5-25(4)30(6-2)33(38)32(35-19-17-28-14-10-11-18-34-28)31(7-3)36-20-22-37(23-21-36)41(39,40)29-16-15-26-12-8-9-13-27(26)24-29/h7-16,18,24-25,30,35H,3,5-6,17,19-23H2,1-2,4H3/b32-31-/t25?,30-/m0/s1. The van der Waals surface area contributed by atoms with Crippen LogP contribution in [0.5, 0.6) is 0 Å². The number of allylic oxidation sites excluding steroid dienone is 2. The molecule has 0 spiro atoms. The molecule has 1 unspecified atom stereocenters. The highest BCUT2D eigenvalue weighted by atomic mass is 32.2. The van der Waals surface area contributed by atoms with Crippen LogP contribution in [-0.4, -0.2) is 61.1 Å². The molecule has 0 aliphatic carbocycles. The predicted octanol–water partition coefficient (Wildman–Crippen LogP) is 5.41. The van der Waals surface area contributed by atoms with Gasteiger partial charge in [-0.25, -0.2) is 8.42 Å². The number of Topliss-reactive ketones (excluding diaryl/α,β-unsaturated/α-hetero) is 1. The Balaban J connectivity index is 1.55. The van der Waals surface area contributed by atoms with Crippen molar-refractivity contribution in [2.75, 3.05) is 32.7 Å². The van der Waals surface area contributed by atoms with Crippen LogP contribution in [0, 0.1) is 11.8 Å². The van der Waals surface area contributed by atoms with Crippen LogP contribution in [0.2, 0.25) is 0 Å². The van der Waals surface area contributed by atoms with Gasteiger partial charge < -0.3 is 10.2 Å². The lowest BCUT2D eigenvalue weighted by Gasteiger charge is -2.37. The number of hydrogen-bond acceptors (Lipinski definition) is 6. The number of hydrogen-bond donors (Lipinski definition) is 1. The molecule has 218 valence electrons. The van der Waals surface area contributed by atoms with Crippen LogP contribution in [0.15, 0.2) is 95.8 Å². The van der Waals surface area contributed by atoms with E-state index in [4.69, 9.17) is 0 Å². The quantitative estimate of drug-likeness (QED) is 0.217. The average molecular weight is 575 g/mol. The van der Waals surface area contributed by atoms with Crippen LogP contribution in [0.3, 0.4) is 0 Å². The lowest BCUT2D eigenvalue weighted by atomic mass is 9.84. The van der Waals surface area contributed by atoms with Gasteiger partial charge in [-0.15, -0.1) is 0 Å². The van der Waals surface area contributed by atoms with Gasteiger partial charge in [-0.1, -0.05) is 70.2 Å². The molecule has 41 heavy (non-hydrogen) atoms. The molecule has 7 nitrogen and oxygen atoms in total. The minimum atomic E-state index is -3.65. The summed E-state index contributed by atoms with van der Waals surface area (Å²) in [6.07, 6.45) is 5.85. The number of ketones is 1. The fourth-order valence-electron chi connectivity index (χ4n) is 5.52. The Morgan fingerprint density at radius 3 is 2.34 bits per heavy atom. The Bertz CT molecular complexity index is 1480. The third kappa shape index (κ3) is 7.05. The molecule has 1 fully saturated rings. The minimum Gasteiger partial charge on any atom is -0.380 e. The maximum atomic E-state index is 14.0. The number of fused-ring (bicyclic) bond motifs is 1. The zero-order valence-electron chi connectivity index (χ0n) is 24.4. The van der Waals surface area contributed by atoms with Gasteiger partial charge >= 0.3 is 0 Å². The van der Waals surface area contributed by atoms with E-state index in [-0.39, 0.29) is 17.6 Å². The molecule has 4 rings (SSSR count). The number of nitrogens with one attached hydrogen (secondary N) is 1.